The zero-order valence-corrected chi connectivity index (χ0v) is 10.6. The van der Waals surface area contributed by atoms with E-state index in [-0.39, 0.29) is 11.3 Å². The van der Waals surface area contributed by atoms with Gasteiger partial charge in [-0.15, -0.1) is 0 Å². The van der Waals surface area contributed by atoms with Crippen molar-refractivity contribution in [3.63, 3.8) is 0 Å². The zero-order valence-electron chi connectivity index (χ0n) is 10.6. The number of hydrogen-bond donors (Lipinski definition) is 1. The predicted molar refractivity (Wildman–Crippen MR) is 70.3 cm³/mol. The van der Waals surface area contributed by atoms with E-state index >= 15 is 0 Å². The highest BCUT2D eigenvalue weighted by Gasteiger charge is 2.09. The summed E-state index contributed by atoms with van der Waals surface area (Å²) in [4.78, 5) is 0. The van der Waals surface area contributed by atoms with Crippen LogP contribution >= 0.6 is 0 Å². The Balaban J connectivity index is 2.42. The first kappa shape index (κ1) is 13.0. The lowest BCUT2D eigenvalue weighted by Crippen LogP contribution is -1.98. The number of aryl methyl sites for hydroxylation is 2. The number of hydrogen-bond acceptors (Lipinski definition) is 2. The SMILES string of the molecule is Cc1ccc(Nc2cc(F)c(C)cc2F)c(C#N)c1. The largest absolute Gasteiger partial charge is 0.352 e. The van der Waals surface area contributed by atoms with Crippen LogP contribution in [-0.4, -0.2) is 0 Å². The van der Waals surface area contributed by atoms with Crippen LogP contribution in [-0.2, 0) is 0 Å². The lowest BCUT2D eigenvalue weighted by molar-refractivity contribution is 0.595. The summed E-state index contributed by atoms with van der Waals surface area (Å²) >= 11 is 0. The minimum absolute atomic E-state index is 0.0171. The van der Waals surface area contributed by atoms with Gasteiger partial charge in [-0.05, 0) is 43.2 Å². The molecular formula is C15H12F2N2. The van der Waals surface area contributed by atoms with Gasteiger partial charge in [-0.2, -0.15) is 5.26 Å². The first-order valence-electron chi connectivity index (χ1n) is 5.74. The third-order valence-corrected chi connectivity index (χ3v) is 2.81. The molecule has 19 heavy (non-hydrogen) atoms. The van der Waals surface area contributed by atoms with Crippen molar-refractivity contribution in [1.29, 1.82) is 5.26 Å². The Morgan fingerprint density at radius 3 is 2.42 bits per heavy atom. The fraction of sp³-hybridized carbons (Fsp3) is 0.133. The van der Waals surface area contributed by atoms with Crippen molar-refractivity contribution >= 4 is 11.4 Å². The van der Waals surface area contributed by atoms with Crippen molar-refractivity contribution in [2.45, 2.75) is 13.8 Å². The molecule has 2 aromatic rings. The van der Waals surface area contributed by atoms with Crippen LogP contribution < -0.4 is 5.32 Å². The Morgan fingerprint density at radius 1 is 1.00 bits per heavy atom. The minimum Gasteiger partial charge on any atom is -0.352 e. The molecule has 0 radical (unpaired) electrons. The van der Waals surface area contributed by atoms with E-state index in [0.29, 0.717) is 11.3 Å². The van der Waals surface area contributed by atoms with E-state index in [9.17, 15) is 8.78 Å². The normalized spacial score (nSPS) is 10.1. The molecule has 0 aliphatic carbocycles. The molecular weight excluding hydrogens is 246 g/mol. The lowest BCUT2D eigenvalue weighted by atomic mass is 10.1. The van der Waals surface area contributed by atoms with E-state index in [0.717, 1.165) is 17.7 Å². The third-order valence-electron chi connectivity index (χ3n) is 2.81. The second kappa shape index (κ2) is 5.07. The second-order valence-corrected chi connectivity index (χ2v) is 4.37. The number of rotatable bonds is 2. The summed E-state index contributed by atoms with van der Waals surface area (Å²) in [6.45, 7) is 3.35. The quantitative estimate of drug-likeness (QED) is 0.876. The maximum absolute atomic E-state index is 13.7. The molecule has 0 bridgehead atoms. The first-order chi connectivity index (χ1) is 9.01. The van der Waals surface area contributed by atoms with Gasteiger partial charge in [0.15, 0.2) is 0 Å². The van der Waals surface area contributed by atoms with Gasteiger partial charge < -0.3 is 5.32 Å². The highest BCUT2D eigenvalue weighted by atomic mass is 19.1. The number of anilines is 2. The summed E-state index contributed by atoms with van der Waals surface area (Å²) in [6.07, 6.45) is 0. The maximum Gasteiger partial charge on any atom is 0.147 e. The molecule has 0 aromatic heterocycles. The molecule has 2 nitrogen and oxygen atoms in total. The highest BCUT2D eigenvalue weighted by Crippen LogP contribution is 2.25. The fourth-order valence-corrected chi connectivity index (χ4v) is 1.75. The molecule has 1 N–H and O–H groups in total. The molecule has 0 atom stereocenters. The van der Waals surface area contributed by atoms with E-state index in [2.05, 4.69) is 5.32 Å². The van der Waals surface area contributed by atoms with E-state index in [1.807, 2.05) is 13.0 Å². The van der Waals surface area contributed by atoms with Crippen LogP contribution in [0.15, 0.2) is 30.3 Å². The first-order valence-corrected chi connectivity index (χ1v) is 5.74. The molecule has 0 saturated carbocycles. The van der Waals surface area contributed by atoms with Crippen LogP contribution in [0.3, 0.4) is 0 Å². The van der Waals surface area contributed by atoms with Crippen LogP contribution in [0.1, 0.15) is 16.7 Å². The summed E-state index contributed by atoms with van der Waals surface area (Å²) < 4.78 is 27.2. The van der Waals surface area contributed by atoms with Crippen molar-refractivity contribution in [1.82, 2.24) is 0 Å². The molecule has 4 heteroatoms. The third kappa shape index (κ3) is 2.71. The van der Waals surface area contributed by atoms with Crippen LogP contribution in [0.4, 0.5) is 20.2 Å². The van der Waals surface area contributed by atoms with E-state index in [1.165, 1.54) is 6.92 Å². The number of nitriles is 1. The van der Waals surface area contributed by atoms with Gasteiger partial charge in [-0.1, -0.05) is 6.07 Å². The summed E-state index contributed by atoms with van der Waals surface area (Å²) in [7, 11) is 0. The summed E-state index contributed by atoms with van der Waals surface area (Å²) in [5.41, 5.74) is 2.03. The van der Waals surface area contributed by atoms with Crippen molar-refractivity contribution in [2.75, 3.05) is 5.32 Å². The number of nitrogens with zero attached hydrogens (tertiary/aromatic N) is 1. The minimum atomic E-state index is -0.552. The molecule has 0 spiro atoms. The lowest BCUT2D eigenvalue weighted by Gasteiger charge is -2.11. The van der Waals surface area contributed by atoms with Gasteiger partial charge in [0, 0.05) is 6.07 Å². The van der Waals surface area contributed by atoms with Crippen LogP contribution in [0.5, 0.6) is 0 Å². The zero-order chi connectivity index (χ0) is 14.0. The Bertz CT molecular complexity index is 673. The molecule has 2 aromatic carbocycles. The fourth-order valence-electron chi connectivity index (χ4n) is 1.75. The molecule has 0 saturated heterocycles. The van der Waals surface area contributed by atoms with Gasteiger partial charge in [0.2, 0.25) is 0 Å². The summed E-state index contributed by atoms with van der Waals surface area (Å²) in [5, 5.41) is 11.8. The van der Waals surface area contributed by atoms with Crippen molar-refractivity contribution in [3.8, 4) is 6.07 Å². The average Bonchev–Trinajstić information content (AvgIpc) is 2.37. The summed E-state index contributed by atoms with van der Waals surface area (Å²) in [5.74, 6) is -1.04. The Morgan fingerprint density at radius 2 is 1.74 bits per heavy atom. The van der Waals surface area contributed by atoms with Gasteiger partial charge in [0.1, 0.15) is 17.7 Å². The van der Waals surface area contributed by atoms with Crippen LogP contribution in [0.25, 0.3) is 0 Å². The van der Waals surface area contributed by atoms with Gasteiger partial charge in [-0.3, -0.25) is 0 Å². The Kier molecular flexibility index (Phi) is 3.48. The molecule has 96 valence electrons. The Hall–Kier alpha value is -2.41. The standard InChI is InChI=1S/C15H12F2N2/c1-9-3-4-14(11(5-9)8-18)19-15-7-12(16)10(2)6-13(15)17/h3-7,19H,1-2H3. The van der Waals surface area contributed by atoms with E-state index < -0.39 is 11.6 Å². The number of benzene rings is 2. The van der Waals surface area contributed by atoms with Crippen LogP contribution in [0, 0.1) is 36.8 Å². The molecule has 0 heterocycles. The van der Waals surface area contributed by atoms with Gasteiger partial charge in [-0.25, -0.2) is 8.78 Å². The molecule has 0 fully saturated rings. The molecule has 0 unspecified atom stereocenters. The number of nitrogens with one attached hydrogen (secondary N) is 1. The topological polar surface area (TPSA) is 35.8 Å². The Labute approximate surface area is 110 Å². The molecule has 2 rings (SSSR count). The monoisotopic (exact) mass is 258 g/mol. The number of halogens is 2. The smallest absolute Gasteiger partial charge is 0.147 e. The van der Waals surface area contributed by atoms with Gasteiger partial charge in [0.25, 0.3) is 0 Å². The van der Waals surface area contributed by atoms with Gasteiger partial charge in [0.05, 0.1) is 16.9 Å². The van der Waals surface area contributed by atoms with Crippen molar-refractivity contribution in [2.24, 2.45) is 0 Å². The van der Waals surface area contributed by atoms with Gasteiger partial charge >= 0.3 is 0 Å². The molecule has 0 amide bonds. The van der Waals surface area contributed by atoms with Crippen LogP contribution in [0.2, 0.25) is 0 Å². The van der Waals surface area contributed by atoms with Crippen molar-refractivity contribution < 1.29 is 8.78 Å². The molecule has 0 aliphatic heterocycles. The van der Waals surface area contributed by atoms with E-state index in [4.69, 9.17) is 5.26 Å². The molecule has 0 aliphatic rings. The van der Waals surface area contributed by atoms with E-state index in [1.54, 1.807) is 18.2 Å². The average molecular weight is 258 g/mol. The predicted octanol–water partition coefficient (Wildman–Crippen LogP) is 4.20. The van der Waals surface area contributed by atoms with Crippen molar-refractivity contribution in [3.05, 3.63) is 58.7 Å². The highest BCUT2D eigenvalue weighted by molar-refractivity contribution is 5.67. The summed E-state index contributed by atoms with van der Waals surface area (Å²) in [6, 6.07) is 9.39. The second-order valence-electron chi connectivity index (χ2n) is 4.37. The maximum atomic E-state index is 13.7.